The fourth-order valence-corrected chi connectivity index (χ4v) is 1.31. The summed E-state index contributed by atoms with van der Waals surface area (Å²) in [6.45, 7) is 1.68. The molecule has 0 bridgehead atoms. The Balaban J connectivity index is 3.17. The maximum absolute atomic E-state index is 11.5. The molecule has 2 heterocycles. The van der Waals surface area contributed by atoms with Crippen LogP contribution in [0.1, 0.15) is 5.82 Å². The first-order valence-electron chi connectivity index (χ1n) is 3.96. The summed E-state index contributed by atoms with van der Waals surface area (Å²) in [6.07, 6.45) is 0. The van der Waals surface area contributed by atoms with Crippen LogP contribution in [0.2, 0.25) is 0 Å². The van der Waals surface area contributed by atoms with Gasteiger partial charge in [0.1, 0.15) is 5.82 Å². The second-order valence-electron chi connectivity index (χ2n) is 3.04. The Bertz CT molecular complexity index is 617. The van der Waals surface area contributed by atoms with Crippen LogP contribution < -0.4 is 17.1 Å². The highest BCUT2D eigenvalue weighted by atomic mass is 16.2. The Morgan fingerprint density at radius 3 is 2.71 bits per heavy atom. The van der Waals surface area contributed by atoms with Crippen molar-refractivity contribution in [3.8, 4) is 0 Å². The van der Waals surface area contributed by atoms with Crippen molar-refractivity contribution in [2.45, 2.75) is 6.92 Å². The van der Waals surface area contributed by atoms with Crippen molar-refractivity contribution >= 4 is 11.2 Å². The van der Waals surface area contributed by atoms with Crippen molar-refractivity contribution in [3.63, 3.8) is 0 Å². The number of H-pyrrole nitrogens is 1. The molecule has 2 aromatic rings. The topological polar surface area (TPSA) is 98.7 Å². The van der Waals surface area contributed by atoms with Crippen LogP contribution in [0.15, 0.2) is 9.59 Å². The number of hydrogen-bond donors (Lipinski definition) is 2. The van der Waals surface area contributed by atoms with Gasteiger partial charge in [-0.25, -0.2) is 9.78 Å². The summed E-state index contributed by atoms with van der Waals surface area (Å²) in [7, 11) is 1.36. The standard InChI is InChI=1S/C7H9N5O2/c1-3-9-4-5(10-3)12(8)7(14)11(2)6(4)13/h8H2,1-2H3,(H,9,10). The van der Waals surface area contributed by atoms with E-state index in [9.17, 15) is 9.59 Å². The second kappa shape index (κ2) is 2.47. The maximum atomic E-state index is 11.5. The van der Waals surface area contributed by atoms with Crippen molar-refractivity contribution in [1.29, 1.82) is 0 Å². The average Bonchev–Trinajstić information content (AvgIpc) is 2.54. The number of hydrogen-bond acceptors (Lipinski definition) is 4. The van der Waals surface area contributed by atoms with Gasteiger partial charge in [-0.1, -0.05) is 0 Å². The predicted octanol–water partition coefficient (Wildman–Crippen LogP) is -1.55. The Morgan fingerprint density at radius 1 is 1.43 bits per heavy atom. The Kier molecular flexibility index (Phi) is 1.51. The van der Waals surface area contributed by atoms with Crippen LogP contribution in [0, 0.1) is 6.92 Å². The summed E-state index contributed by atoms with van der Waals surface area (Å²) in [5.41, 5.74) is -0.594. The van der Waals surface area contributed by atoms with Crippen molar-refractivity contribution < 1.29 is 0 Å². The number of nitrogen functional groups attached to an aromatic ring is 1. The summed E-state index contributed by atoms with van der Waals surface area (Å²) in [4.78, 5) is 29.6. The summed E-state index contributed by atoms with van der Waals surface area (Å²) in [6, 6.07) is 0. The number of aryl methyl sites for hydroxylation is 1. The number of imidazole rings is 1. The first-order valence-corrected chi connectivity index (χ1v) is 3.96. The SMILES string of the molecule is Cc1nc2c([nH]1)c(=O)n(C)c(=O)n2N. The molecule has 3 N–H and O–H groups in total. The van der Waals surface area contributed by atoms with Gasteiger partial charge < -0.3 is 10.8 Å². The van der Waals surface area contributed by atoms with E-state index in [4.69, 9.17) is 5.84 Å². The molecule has 0 aromatic carbocycles. The molecule has 7 nitrogen and oxygen atoms in total. The van der Waals surface area contributed by atoms with Crippen LogP contribution >= 0.6 is 0 Å². The highest BCUT2D eigenvalue weighted by Crippen LogP contribution is 2.00. The molecule has 2 rings (SSSR count). The van der Waals surface area contributed by atoms with Gasteiger partial charge in [-0.15, -0.1) is 0 Å². The zero-order valence-corrected chi connectivity index (χ0v) is 7.74. The fraction of sp³-hybridized carbons (Fsp3) is 0.286. The number of nitrogens with one attached hydrogen (secondary N) is 1. The summed E-state index contributed by atoms with van der Waals surface area (Å²) >= 11 is 0. The van der Waals surface area contributed by atoms with Crippen molar-refractivity contribution in [3.05, 3.63) is 26.7 Å². The van der Waals surface area contributed by atoms with Crippen LogP contribution in [-0.2, 0) is 7.05 Å². The second-order valence-corrected chi connectivity index (χ2v) is 3.04. The molecule has 0 amide bonds. The molecule has 0 spiro atoms. The Labute approximate surface area is 77.8 Å². The van der Waals surface area contributed by atoms with Crippen LogP contribution in [0.4, 0.5) is 0 Å². The molecule has 0 saturated carbocycles. The van der Waals surface area contributed by atoms with Gasteiger partial charge in [0.05, 0.1) is 0 Å². The lowest BCUT2D eigenvalue weighted by Gasteiger charge is -2.00. The number of fused-ring (bicyclic) bond motifs is 1. The molecular formula is C7H9N5O2. The normalized spacial score (nSPS) is 11.0. The average molecular weight is 195 g/mol. The molecule has 0 aliphatic carbocycles. The van der Waals surface area contributed by atoms with Gasteiger partial charge in [-0.2, -0.15) is 4.68 Å². The fourth-order valence-electron chi connectivity index (χ4n) is 1.31. The van der Waals surface area contributed by atoms with Gasteiger partial charge in [-0.3, -0.25) is 9.36 Å². The first-order chi connectivity index (χ1) is 6.52. The van der Waals surface area contributed by atoms with E-state index in [-0.39, 0.29) is 11.2 Å². The van der Waals surface area contributed by atoms with Gasteiger partial charge in [-0.05, 0) is 6.92 Å². The summed E-state index contributed by atoms with van der Waals surface area (Å²) in [5.74, 6) is 6.01. The molecule has 74 valence electrons. The Hall–Kier alpha value is -2.05. The summed E-state index contributed by atoms with van der Waals surface area (Å²) < 4.78 is 1.78. The minimum atomic E-state index is -0.589. The van der Waals surface area contributed by atoms with E-state index in [0.29, 0.717) is 5.82 Å². The van der Waals surface area contributed by atoms with Gasteiger partial charge in [0.25, 0.3) is 5.56 Å². The molecule has 0 radical (unpaired) electrons. The molecule has 14 heavy (non-hydrogen) atoms. The molecule has 2 aromatic heterocycles. The molecule has 0 aliphatic heterocycles. The first kappa shape index (κ1) is 8.54. The zero-order valence-electron chi connectivity index (χ0n) is 7.74. The van der Waals surface area contributed by atoms with E-state index >= 15 is 0 Å². The lowest BCUT2D eigenvalue weighted by atomic mass is 10.5. The van der Waals surface area contributed by atoms with Gasteiger partial charge in [0.2, 0.25) is 0 Å². The zero-order chi connectivity index (χ0) is 10.5. The van der Waals surface area contributed by atoms with Crippen molar-refractivity contribution in [2.24, 2.45) is 7.05 Å². The number of rotatable bonds is 0. The molecular weight excluding hydrogens is 186 g/mol. The van der Waals surface area contributed by atoms with Crippen LogP contribution in [0.5, 0.6) is 0 Å². The summed E-state index contributed by atoms with van der Waals surface area (Å²) in [5, 5.41) is 0. The van der Waals surface area contributed by atoms with E-state index in [1.807, 2.05) is 0 Å². The number of nitrogens with two attached hydrogens (primary N) is 1. The van der Waals surface area contributed by atoms with Gasteiger partial charge in [0, 0.05) is 7.05 Å². The van der Waals surface area contributed by atoms with E-state index in [1.54, 1.807) is 6.92 Å². The van der Waals surface area contributed by atoms with Gasteiger partial charge in [0.15, 0.2) is 11.2 Å². The lowest BCUT2D eigenvalue weighted by Crippen LogP contribution is -2.41. The van der Waals surface area contributed by atoms with Crippen LogP contribution in [0.25, 0.3) is 11.2 Å². The highest BCUT2D eigenvalue weighted by molar-refractivity contribution is 5.69. The monoisotopic (exact) mass is 195 g/mol. The number of aromatic nitrogens is 4. The van der Waals surface area contributed by atoms with Gasteiger partial charge >= 0.3 is 5.69 Å². The van der Waals surface area contributed by atoms with E-state index in [0.717, 1.165) is 9.24 Å². The molecule has 0 saturated heterocycles. The smallest absolute Gasteiger partial charge is 0.336 e. The molecule has 7 heteroatoms. The van der Waals surface area contributed by atoms with E-state index in [2.05, 4.69) is 9.97 Å². The minimum Gasteiger partial charge on any atom is -0.336 e. The number of nitrogens with zero attached hydrogens (tertiary/aromatic N) is 3. The third-order valence-electron chi connectivity index (χ3n) is 2.04. The number of aromatic amines is 1. The highest BCUT2D eigenvalue weighted by Gasteiger charge is 2.11. The van der Waals surface area contributed by atoms with E-state index in [1.165, 1.54) is 7.05 Å². The molecule has 0 fully saturated rings. The molecule has 0 unspecified atom stereocenters. The minimum absolute atomic E-state index is 0.176. The van der Waals surface area contributed by atoms with E-state index < -0.39 is 11.2 Å². The third-order valence-corrected chi connectivity index (χ3v) is 2.04. The van der Waals surface area contributed by atoms with Crippen molar-refractivity contribution in [2.75, 3.05) is 5.84 Å². The van der Waals surface area contributed by atoms with Crippen molar-refractivity contribution in [1.82, 2.24) is 19.2 Å². The predicted molar refractivity (Wildman–Crippen MR) is 50.5 cm³/mol. The third kappa shape index (κ3) is 0.889. The quantitative estimate of drug-likeness (QED) is 0.497. The molecule has 0 atom stereocenters. The lowest BCUT2D eigenvalue weighted by molar-refractivity contribution is 0.733. The molecule has 0 aliphatic rings. The maximum Gasteiger partial charge on any atom is 0.351 e. The largest absolute Gasteiger partial charge is 0.351 e. The van der Waals surface area contributed by atoms with Crippen LogP contribution in [-0.4, -0.2) is 19.2 Å². The van der Waals surface area contributed by atoms with Crippen LogP contribution in [0.3, 0.4) is 0 Å². The Morgan fingerprint density at radius 2 is 2.07 bits per heavy atom.